The number of aldehydes is 1. The molecule has 1 N–H and O–H groups in total. The van der Waals surface area contributed by atoms with Gasteiger partial charge in [-0.2, -0.15) is 0 Å². The molecule has 2 aromatic heterocycles. The lowest BCUT2D eigenvalue weighted by atomic mass is 10.2. The second kappa shape index (κ2) is 4.93. The van der Waals surface area contributed by atoms with Crippen LogP contribution in [0.4, 0.5) is 0 Å². The van der Waals surface area contributed by atoms with Gasteiger partial charge in [-0.1, -0.05) is 11.2 Å². The fourth-order valence-corrected chi connectivity index (χ4v) is 1.25. The van der Waals surface area contributed by atoms with E-state index in [-0.39, 0.29) is 11.4 Å². The lowest BCUT2D eigenvalue weighted by Gasteiger charge is -2.00. The van der Waals surface area contributed by atoms with Gasteiger partial charge < -0.3 is 5.21 Å². The van der Waals surface area contributed by atoms with Crippen LogP contribution in [-0.4, -0.2) is 32.2 Å². The van der Waals surface area contributed by atoms with Crippen molar-refractivity contribution in [3.8, 4) is 11.5 Å². The highest BCUT2D eigenvalue weighted by Crippen LogP contribution is 2.10. The summed E-state index contributed by atoms with van der Waals surface area (Å²) in [6, 6.07) is 6.81. The first kappa shape index (κ1) is 10.9. The summed E-state index contributed by atoms with van der Waals surface area (Å²) in [6.07, 6.45) is 3.51. The van der Waals surface area contributed by atoms with Gasteiger partial charge in [0.1, 0.15) is 5.69 Å². The molecule has 0 aliphatic rings. The first-order chi connectivity index (χ1) is 8.35. The molecule has 0 saturated carbocycles. The Morgan fingerprint density at radius 3 is 2.76 bits per heavy atom. The number of pyridine rings is 1. The third-order valence-electron chi connectivity index (χ3n) is 2.03. The first-order valence-electron chi connectivity index (χ1n) is 4.77. The van der Waals surface area contributed by atoms with Gasteiger partial charge in [-0.3, -0.25) is 9.78 Å². The zero-order valence-corrected chi connectivity index (χ0v) is 8.69. The van der Waals surface area contributed by atoms with E-state index in [1.807, 2.05) is 0 Å². The van der Waals surface area contributed by atoms with Crippen molar-refractivity contribution < 1.29 is 10.0 Å². The van der Waals surface area contributed by atoms with E-state index in [0.717, 1.165) is 0 Å². The molecule has 0 radical (unpaired) electrons. The zero-order valence-electron chi connectivity index (χ0n) is 8.69. The average molecular weight is 228 g/mol. The normalized spacial score (nSPS) is 11.2. The number of oxime groups is 1. The zero-order chi connectivity index (χ0) is 12.1. The molecule has 0 saturated heterocycles. The van der Waals surface area contributed by atoms with Crippen molar-refractivity contribution in [2.24, 2.45) is 5.16 Å². The fraction of sp³-hybridized carbons (Fsp3) is 0. The maximum absolute atomic E-state index is 10.6. The van der Waals surface area contributed by atoms with E-state index in [1.165, 1.54) is 12.3 Å². The van der Waals surface area contributed by atoms with E-state index < -0.39 is 0 Å². The van der Waals surface area contributed by atoms with Crippen molar-refractivity contribution >= 4 is 12.0 Å². The standard InChI is InChI=1S/C11H8N4O2/c16-7-10(15-17)8-4-6-13-11(14-8)9-3-1-2-5-12-9/h1-7,17H. The van der Waals surface area contributed by atoms with Crippen LogP contribution in [0.1, 0.15) is 5.69 Å². The number of carbonyl (C=O) groups is 1. The van der Waals surface area contributed by atoms with E-state index in [0.29, 0.717) is 17.8 Å². The van der Waals surface area contributed by atoms with Gasteiger partial charge in [0.15, 0.2) is 17.8 Å². The number of aromatic nitrogens is 3. The molecule has 0 amide bonds. The van der Waals surface area contributed by atoms with Crippen LogP contribution in [0.5, 0.6) is 0 Å². The highest BCUT2D eigenvalue weighted by Gasteiger charge is 2.08. The molecule has 0 fully saturated rings. The van der Waals surface area contributed by atoms with Crippen LogP contribution < -0.4 is 0 Å². The van der Waals surface area contributed by atoms with E-state index in [4.69, 9.17) is 5.21 Å². The number of carbonyl (C=O) groups excluding carboxylic acids is 1. The molecule has 0 spiro atoms. The molecule has 2 heterocycles. The summed E-state index contributed by atoms with van der Waals surface area (Å²) in [5.74, 6) is 0.367. The van der Waals surface area contributed by atoms with Crippen molar-refractivity contribution in [3.63, 3.8) is 0 Å². The Labute approximate surface area is 96.7 Å². The predicted octanol–water partition coefficient (Wildman–Crippen LogP) is 0.916. The Morgan fingerprint density at radius 2 is 2.12 bits per heavy atom. The Kier molecular flexibility index (Phi) is 3.15. The summed E-state index contributed by atoms with van der Waals surface area (Å²) in [4.78, 5) is 22.8. The molecule has 6 nitrogen and oxygen atoms in total. The van der Waals surface area contributed by atoms with Crippen LogP contribution in [0.2, 0.25) is 0 Å². The van der Waals surface area contributed by atoms with Gasteiger partial charge in [0.2, 0.25) is 0 Å². The van der Waals surface area contributed by atoms with Crippen LogP contribution in [0.15, 0.2) is 41.8 Å². The molecular formula is C11H8N4O2. The van der Waals surface area contributed by atoms with E-state index in [1.54, 1.807) is 24.4 Å². The predicted molar refractivity (Wildman–Crippen MR) is 59.7 cm³/mol. The lowest BCUT2D eigenvalue weighted by molar-refractivity contribution is -0.102. The summed E-state index contributed by atoms with van der Waals surface area (Å²) >= 11 is 0. The molecule has 84 valence electrons. The van der Waals surface area contributed by atoms with Crippen molar-refractivity contribution in [2.75, 3.05) is 0 Å². The van der Waals surface area contributed by atoms with Gasteiger partial charge in [0.05, 0.1) is 5.69 Å². The van der Waals surface area contributed by atoms with E-state index >= 15 is 0 Å². The minimum absolute atomic E-state index is 0.149. The van der Waals surface area contributed by atoms with Crippen LogP contribution >= 0.6 is 0 Å². The third-order valence-corrected chi connectivity index (χ3v) is 2.03. The van der Waals surface area contributed by atoms with E-state index in [9.17, 15) is 4.79 Å². The lowest BCUT2D eigenvalue weighted by Crippen LogP contribution is -2.06. The monoisotopic (exact) mass is 228 g/mol. The fourth-order valence-electron chi connectivity index (χ4n) is 1.25. The molecule has 0 aliphatic carbocycles. The van der Waals surface area contributed by atoms with Gasteiger partial charge in [0, 0.05) is 12.4 Å². The molecular weight excluding hydrogens is 220 g/mol. The summed E-state index contributed by atoms with van der Waals surface area (Å²) in [5, 5.41) is 11.5. The molecule has 0 aromatic carbocycles. The molecule has 0 aliphatic heterocycles. The van der Waals surface area contributed by atoms with Crippen LogP contribution in [-0.2, 0) is 4.79 Å². The minimum Gasteiger partial charge on any atom is -0.410 e. The molecule has 2 rings (SSSR count). The Bertz CT molecular complexity index is 554. The summed E-state index contributed by atoms with van der Waals surface area (Å²) in [6.45, 7) is 0. The van der Waals surface area contributed by atoms with Crippen LogP contribution in [0.3, 0.4) is 0 Å². The first-order valence-corrected chi connectivity index (χ1v) is 4.77. The molecule has 2 aromatic rings. The van der Waals surface area contributed by atoms with Crippen molar-refractivity contribution in [1.82, 2.24) is 15.0 Å². The maximum Gasteiger partial charge on any atom is 0.178 e. The molecule has 0 atom stereocenters. The number of nitrogens with zero attached hydrogens (tertiary/aromatic N) is 4. The van der Waals surface area contributed by atoms with Crippen molar-refractivity contribution in [2.45, 2.75) is 0 Å². The Hall–Kier alpha value is -2.63. The second-order valence-corrected chi connectivity index (χ2v) is 3.08. The SMILES string of the molecule is O=CC(=NO)c1ccnc(-c2ccccn2)n1. The smallest absolute Gasteiger partial charge is 0.178 e. The van der Waals surface area contributed by atoms with Gasteiger partial charge in [-0.15, -0.1) is 0 Å². The second-order valence-electron chi connectivity index (χ2n) is 3.08. The highest BCUT2D eigenvalue weighted by atomic mass is 16.4. The topological polar surface area (TPSA) is 88.3 Å². The molecule has 0 bridgehead atoms. The minimum atomic E-state index is -0.149. The van der Waals surface area contributed by atoms with Gasteiger partial charge >= 0.3 is 0 Å². The average Bonchev–Trinajstić information content (AvgIpc) is 2.42. The molecule has 6 heteroatoms. The van der Waals surface area contributed by atoms with Gasteiger partial charge in [-0.05, 0) is 18.2 Å². The summed E-state index contributed by atoms with van der Waals surface area (Å²) < 4.78 is 0. The van der Waals surface area contributed by atoms with Gasteiger partial charge in [-0.25, -0.2) is 9.97 Å². The largest absolute Gasteiger partial charge is 0.410 e. The van der Waals surface area contributed by atoms with Crippen molar-refractivity contribution in [3.05, 3.63) is 42.4 Å². The summed E-state index contributed by atoms with van der Waals surface area (Å²) in [5.41, 5.74) is 0.681. The maximum atomic E-state index is 10.6. The molecule has 0 unspecified atom stereocenters. The Balaban J connectivity index is 2.45. The number of hydrogen-bond acceptors (Lipinski definition) is 6. The Morgan fingerprint density at radius 1 is 1.24 bits per heavy atom. The quantitative estimate of drug-likeness (QED) is 0.365. The highest BCUT2D eigenvalue weighted by molar-refractivity contribution is 6.35. The summed E-state index contributed by atoms with van der Waals surface area (Å²) in [7, 11) is 0. The van der Waals surface area contributed by atoms with Crippen molar-refractivity contribution in [1.29, 1.82) is 0 Å². The van der Waals surface area contributed by atoms with Crippen LogP contribution in [0, 0.1) is 0 Å². The van der Waals surface area contributed by atoms with Crippen LogP contribution in [0.25, 0.3) is 11.5 Å². The van der Waals surface area contributed by atoms with Gasteiger partial charge in [0.25, 0.3) is 0 Å². The number of hydrogen-bond donors (Lipinski definition) is 1. The number of rotatable bonds is 3. The molecule has 17 heavy (non-hydrogen) atoms. The van der Waals surface area contributed by atoms with E-state index in [2.05, 4.69) is 20.1 Å². The third kappa shape index (κ3) is 2.31.